The van der Waals surface area contributed by atoms with Crippen LogP contribution in [0.25, 0.3) is 0 Å². The molecular formula is C12H21BN2O3. The van der Waals surface area contributed by atoms with Crippen LogP contribution in [0.5, 0.6) is 0 Å². The maximum absolute atomic E-state index is 5.91. The van der Waals surface area contributed by atoms with Crippen LogP contribution in [0.1, 0.15) is 27.7 Å². The summed E-state index contributed by atoms with van der Waals surface area (Å²) in [6, 6.07) is 0.238. The fourth-order valence-electron chi connectivity index (χ4n) is 1.66. The topological polar surface area (TPSA) is 66.1 Å². The van der Waals surface area contributed by atoms with E-state index in [1.54, 1.807) is 6.21 Å². The Bertz CT molecular complexity index is 360. The van der Waals surface area contributed by atoms with Crippen molar-refractivity contribution in [1.82, 2.24) is 0 Å². The zero-order valence-corrected chi connectivity index (χ0v) is 11.5. The molecule has 0 aromatic carbocycles. The molecule has 0 aromatic heterocycles. The van der Waals surface area contributed by atoms with E-state index in [0.717, 1.165) is 5.47 Å². The SMILES string of the molecule is CC1(C)OB(/C(C=NC2COC2)=C/N)OC1(C)C. The summed E-state index contributed by atoms with van der Waals surface area (Å²) >= 11 is 0. The number of allylic oxidation sites excluding steroid dienone is 1. The Morgan fingerprint density at radius 1 is 1.22 bits per heavy atom. The Labute approximate surface area is 109 Å². The fraction of sp³-hybridized carbons (Fsp3) is 0.750. The van der Waals surface area contributed by atoms with Crippen LogP contribution in [0.4, 0.5) is 0 Å². The quantitative estimate of drug-likeness (QED) is 0.599. The van der Waals surface area contributed by atoms with Crippen LogP contribution in [0.15, 0.2) is 16.7 Å². The van der Waals surface area contributed by atoms with E-state index >= 15 is 0 Å². The summed E-state index contributed by atoms with van der Waals surface area (Å²) in [6.07, 6.45) is 3.22. The molecule has 2 rings (SSSR count). The van der Waals surface area contributed by atoms with E-state index in [0.29, 0.717) is 13.2 Å². The van der Waals surface area contributed by atoms with Crippen molar-refractivity contribution < 1.29 is 14.0 Å². The third-order valence-corrected chi connectivity index (χ3v) is 3.77. The summed E-state index contributed by atoms with van der Waals surface area (Å²) < 4.78 is 16.9. The Kier molecular flexibility index (Phi) is 3.53. The standard InChI is InChI=1S/C12H21BN2O3/c1-11(2)12(3,4)18-13(17-11)9(5-14)6-15-10-7-16-8-10/h5-6,10H,7-8,14H2,1-4H3/b9-5+,15-6?. The minimum absolute atomic E-state index is 0.238. The van der Waals surface area contributed by atoms with Crippen LogP contribution < -0.4 is 5.73 Å². The summed E-state index contributed by atoms with van der Waals surface area (Å²) in [5.74, 6) is 0. The predicted molar refractivity (Wildman–Crippen MR) is 71.5 cm³/mol. The number of hydrogen-bond donors (Lipinski definition) is 1. The van der Waals surface area contributed by atoms with Gasteiger partial charge < -0.3 is 19.8 Å². The van der Waals surface area contributed by atoms with Crippen molar-refractivity contribution in [3.05, 3.63) is 11.7 Å². The van der Waals surface area contributed by atoms with E-state index in [-0.39, 0.29) is 17.2 Å². The van der Waals surface area contributed by atoms with Gasteiger partial charge in [0.1, 0.15) is 0 Å². The summed E-state index contributed by atoms with van der Waals surface area (Å²) in [7, 11) is -0.454. The second-order valence-electron chi connectivity index (χ2n) is 5.72. The molecule has 18 heavy (non-hydrogen) atoms. The van der Waals surface area contributed by atoms with E-state index in [2.05, 4.69) is 4.99 Å². The molecule has 6 heteroatoms. The molecule has 0 aromatic rings. The number of aliphatic imine (C=N–C) groups is 1. The number of nitrogens with two attached hydrogens (primary N) is 1. The number of ether oxygens (including phenoxy) is 1. The fourth-order valence-corrected chi connectivity index (χ4v) is 1.66. The van der Waals surface area contributed by atoms with Gasteiger partial charge in [0, 0.05) is 11.7 Å². The lowest BCUT2D eigenvalue weighted by Gasteiger charge is -2.32. The summed E-state index contributed by atoms with van der Waals surface area (Å²) in [5, 5.41) is 0. The van der Waals surface area contributed by atoms with Crippen molar-refractivity contribution in [1.29, 1.82) is 0 Å². The minimum atomic E-state index is -0.454. The minimum Gasteiger partial charge on any atom is -0.405 e. The average Bonchev–Trinajstić information content (AvgIpc) is 2.40. The number of hydrogen-bond acceptors (Lipinski definition) is 5. The van der Waals surface area contributed by atoms with Gasteiger partial charge in [-0.1, -0.05) is 0 Å². The highest BCUT2D eigenvalue weighted by atomic mass is 16.7. The van der Waals surface area contributed by atoms with Gasteiger partial charge in [-0.3, -0.25) is 4.99 Å². The molecule has 2 fully saturated rings. The maximum Gasteiger partial charge on any atom is 0.497 e. The predicted octanol–water partition coefficient (Wildman–Crippen LogP) is 0.930. The Morgan fingerprint density at radius 3 is 2.17 bits per heavy atom. The molecule has 0 aliphatic carbocycles. The van der Waals surface area contributed by atoms with E-state index in [1.165, 1.54) is 6.20 Å². The van der Waals surface area contributed by atoms with Gasteiger partial charge in [0.25, 0.3) is 0 Å². The molecule has 0 atom stereocenters. The Hall–Kier alpha value is -0.845. The van der Waals surface area contributed by atoms with Crippen molar-refractivity contribution in [3.63, 3.8) is 0 Å². The zero-order chi connectivity index (χ0) is 13.4. The zero-order valence-electron chi connectivity index (χ0n) is 11.5. The van der Waals surface area contributed by atoms with Gasteiger partial charge in [-0.15, -0.1) is 0 Å². The molecule has 2 saturated heterocycles. The summed E-state index contributed by atoms with van der Waals surface area (Å²) in [4.78, 5) is 4.38. The average molecular weight is 252 g/mol. The first-order chi connectivity index (χ1) is 8.36. The third kappa shape index (κ3) is 2.46. The van der Waals surface area contributed by atoms with E-state index in [1.807, 2.05) is 27.7 Å². The van der Waals surface area contributed by atoms with E-state index < -0.39 is 7.12 Å². The first-order valence-corrected chi connectivity index (χ1v) is 6.24. The van der Waals surface area contributed by atoms with Gasteiger partial charge >= 0.3 is 7.12 Å². The molecule has 2 heterocycles. The van der Waals surface area contributed by atoms with Crippen LogP contribution >= 0.6 is 0 Å². The molecule has 2 aliphatic rings. The molecule has 0 bridgehead atoms. The van der Waals surface area contributed by atoms with Crippen LogP contribution in [0, 0.1) is 0 Å². The number of rotatable bonds is 3. The highest BCUT2D eigenvalue weighted by Gasteiger charge is 2.52. The number of nitrogens with zero attached hydrogens (tertiary/aromatic N) is 1. The Balaban J connectivity index is 2.04. The Morgan fingerprint density at radius 2 is 1.78 bits per heavy atom. The molecule has 100 valence electrons. The lowest BCUT2D eigenvalue weighted by atomic mass is 9.79. The first kappa shape index (κ1) is 13.6. The molecule has 0 radical (unpaired) electrons. The molecule has 5 nitrogen and oxygen atoms in total. The van der Waals surface area contributed by atoms with E-state index in [9.17, 15) is 0 Å². The van der Waals surface area contributed by atoms with Gasteiger partial charge in [0.05, 0.1) is 30.5 Å². The van der Waals surface area contributed by atoms with Gasteiger partial charge in [-0.25, -0.2) is 0 Å². The molecule has 0 spiro atoms. The van der Waals surface area contributed by atoms with Gasteiger partial charge in [0.2, 0.25) is 0 Å². The van der Waals surface area contributed by atoms with Crippen LogP contribution in [-0.2, 0) is 14.0 Å². The molecule has 2 aliphatic heterocycles. The molecule has 0 amide bonds. The monoisotopic (exact) mass is 252 g/mol. The van der Waals surface area contributed by atoms with Crippen molar-refractivity contribution in [2.24, 2.45) is 10.7 Å². The van der Waals surface area contributed by atoms with Crippen molar-refractivity contribution in [2.45, 2.75) is 44.9 Å². The molecule has 0 unspecified atom stereocenters. The highest BCUT2D eigenvalue weighted by Crippen LogP contribution is 2.38. The van der Waals surface area contributed by atoms with Gasteiger partial charge in [-0.05, 0) is 33.9 Å². The van der Waals surface area contributed by atoms with Crippen molar-refractivity contribution >= 4 is 13.3 Å². The maximum atomic E-state index is 5.91. The molecular weight excluding hydrogens is 231 g/mol. The third-order valence-electron chi connectivity index (χ3n) is 3.77. The first-order valence-electron chi connectivity index (χ1n) is 6.24. The largest absolute Gasteiger partial charge is 0.497 e. The van der Waals surface area contributed by atoms with Crippen molar-refractivity contribution in [2.75, 3.05) is 13.2 Å². The summed E-state index contributed by atoms with van der Waals surface area (Å²) in [5.41, 5.74) is 5.66. The van der Waals surface area contributed by atoms with Crippen molar-refractivity contribution in [3.8, 4) is 0 Å². The van der Waals surface area contributed by atoms with Crippen LogP contribution in [-0.4, -0.2) is 43.8 Å². The second kappa shape index (κ2) is 4.68. The lowest BCUT2D eigenvalue weighted by molar-refractivity contribution is 0.00578. The molecule has 2 N–H and O–H groups in total. The normalized spacial score (nSPS) is 27.8. The lowest BCUT2D eigenvalue weighted by Crippen LogP contribution is -2.41. The second-order valence-corrected chi connectivity index (χ2v) is 5.72. The smallest absolute Gasteiger partial charge is 0.405 e. The van der Waals surface area contributed by atoms with Crippen LogP contribution in [0.3, 0.4) is 0 Å². The van der Waals surface area contributed by atoms with Crippen LogP contribution in [0.2, 0.25) is 0 Å². The summed E-state index contributed by atoms with van der Waals surface area (Å²) in [6.45, 7) is 9.40. The van der Waals surface area contributed by atoms with E-state index in [4.69, 9.17) is 19.8 Å². The molecule has 0 saturated carbocycles. The van der Waals surface area contributed by atoms with Gasteiger partial charge in [-0.2, -0.15) is 0 Å². The van der Waals surface area contributed by atoms with Gasteiger partial charge in [0.15, 0.2) is 0 Å². The highest BCUT2D eigenvalue weighted by molar-refractivity contribution is 6.60.